The van der Waals surface area contributed by atoms with E-state index in [4.69, 9.17) is 16.3 Å². The zero-order chi connectivity index (χ0) is 12.8. The Morgan fingerprint density at radius 2 is 2.12 bits per heavy atom. The van der Waals surface area contributed by atoms with Crippen molar-refractivity contribution < 1.29 is 9.53 Å². The molecule has 1 aromatic rings. The molecule has 0 heterocycles. The molecule has 0 unspecified atom stereocenters. The second-order valence-electron chi connectivity index (χ2n) is 4.20. The van der Waals surface area contributed by atoms with Crippen molar-refractivity contribution in [1.82, 2.24) is 0 Å². The summed E-state index contributed by atoms with van der Waals surface area (Å²) in [6.07, 6.45) is 0.382. The fourth-order valence-corrected chi connectivity index (χ4v) is 1.86. The summed E-state index contributed by atoms with van der Waals surface area (Å²) >= 11 is 5.58. The van der Waals surface area contributed by atoms with Crippen LogP contribution in [0.4, 0.5) is 0 Å². The molecular formula is C14H19ClO2. The minimum absolute atomic E-state index is 0.0879. The molecule has 1 aromatic carbocycles. The van der Waals surface area contributed by atoms with E-state index in [1.54, 1.807) is 0 Å². The summed E-state index contributed by atoms with van der Waals surface area (Å²) in [5, 5.41) is 0. The van der Waals surface area contributed by atoms with Crippen LogP contribution < -0.4 is 4.74 Å². The zero-order valence-corrected chi connectivity index (χ0v) is 11.4. The third-order valence-corrected chi connectivity index (χ3v) is 2.76. The van der Waals surface area contributed by atoms with Crippen molar-refractivity contribution in [2.24, 2.45) is 0 Å². The predicted octanol–water partition coefficient (Wildman–Crippen LogP) is 4.02. The Morgan fingerprint density at radius 1 is 1.41 bits per heavy atom. The molecule has 0 fully saturated rings. The molecule has 3 heteroatoms. The van der Waals surface area contributed by atoms with Crippen LogP contribution in [0.5, 0.6) is 5.75 Å². The second-order valence-corrected chi connectivity index (χ2v) is 4.58. The van der Waals surface area contributed by atoms with Crippen molar-refractivity contribution in [3.63, 3.8) is 0 Å². The van der Waals surface area contributed by atoms with E-state index in [1.165, 1.54) is 0 Å². The van der Waals surface area contributed by atoms with Crippen molar-refractivity contribution in [1.29, 1.82) is 0 Å². The number of rotatable bonds is 6. The van der Waals surface area contributed by atoms with Gasteiger partial charge in [0.2, 0.25) is 0 Å². The number of ketones is 1. The van der Waals surface area contributed by atoms with Gasteiger partial charge in [-0.15, -0.1) is 11.6 Å². The van der Waals surface area contributed by atoms with Crippen LogP contribution in [0.3, 0.4) is 0 Å². The number of carbonyl (C=O) groups is 1. The van der Waals surface area contributed by atoms with Crippen molar-refractivity contribution in [3.8, 4) is 5.75 Å². The lowest BCUT2D eigenvalue weighted by Crippen LogP contribution is -2.04. The highest BCUT2D eigenvalue weighted by Gasteiger charge is 2.12. The monoisotopic (exact) mass is 254 g/mol. The van der Waals surface area contributed by atoms with Crippen LogP contribution >= 0.6 is 11.6 Å². The number of ether oxygens (including phenoxy) is 1. The van der Waals surface area contributed by atoms with Gasteiger partial charge in [-0.25, -0.2) is 0 Å². The molecule has 0 N–H and O–H groups in total. The molecule has 0 saturated carbocycles. The summed E-state index contributed by atoms with van der Waals surface area (Å²) in [5.41, 5.74) is 1.80. The van der Waals surface area contributed by atoms with E-state index in [2.05, 4.69) is 13.8 Å². The van der Waals surface area contributed by atoms with Crippen molar-refractivity contribution in [2.45, 2.75) is 33.1 Å². The largest absolute Gasteiger partial charge is 0.494 e. The molecule has 0 spiro atoms. The molecule has 0 aliphatic rings. The molecule has 17 heavy (non-hydrogen) atoms. The van der Waals surface area contributed by atoms with Crippen LogP contribution in [0.25, 0.3) is 0 Å². The van der Waals surface area contributed by atoms with E-state index >= 15 is 0 Å². The number of carbonyl (C=O) groups excluding carboxylic acids is 1. The quantitative estimate of drug-likeness (QED) is 0.566. The standard InChI is InChI=1S/C14H19ClO2/c1-4-17-14-6-5-11(13(16)7-8-15)9-12(14)10(2)3/h5-6,9-10H,4,7-8H2,1-3H3. The number of alkyl halides is 1. The minimum Gasteiger partial charge on any atom is -0.494 e. The average Bonchev–Trinajstić information content (AvgIpc) is 2.30. The van der Waals surface area contributed by atoms with Gasteiger partial charge in [-0.3, -0.25) is 4.79 Å². The van der Waals surface area contributed by atoms with E-state index in [9.17, 15) is 4.79 Å². The number of Topliss-reactive ketones (excluding diaryl/α,β-unsaturated/α-hetero) is 1. The van der Waals surface area contributed by atoms with E-state index in [-0.39, 0.29) is 5.78 Å². The maximum atomic E-state index is 11.8. The lowest BCUT2D eigenvalue weighted by atomic mass is 9.97. The maximum Gasteiger partial charge on any atom is 0.164 e. The van der Waals surface area contributed by atoms with Gasteiger partial charge in [-0.1, -0.05) is 13.8 Å². The van der Waals surface area contributed by atoms with Crippen molar-refractivity contribution in [2.75, 3.05) is 12.5 Å². The predicted molar refractivity (Wildman–Crippen MR) is 71.4 cm³/mol. The van der Waals surface area contributed by atoms with Gasteiger partial charge < -0.3 is 4.74 Å². The van der Waals surface area contributed by atoms with Gasteiger partial charge in [0.05, 0.1) is 6.61 Å². The van der Waals surface area contributed by atoms with E-state index in [1.807, 2.05) is 25.1 Å². The first-order chi connectivity index (χ1) is 8.10. The summed E-state index contributed by atoms with van der Waals surface area (Å²) in [4.78, 5) is 11.8. The van der Waals surface area contributed by atoms with Crippen LogP contribution in [0, 0.1) is 0 Å². The molecule has 0 atom stereocenters. The lowest BCUT2D eigenvalue weighted by molar-refractivity contribution is 0.0989. The molecule has 0 aliphatic carbocycles. The molecule has 0 radical (unpaired) electrons. The molecular weight excluding hydrogens is 236 g/mol. The molecule has 2 nitrogen and oxygen atoms in total. The highest BCUT2D eigenvalue weighted by Crippen LogP contribution is 2.28. The minimum atomic E-state index is 0.0879. The summed E-state index contributed by atoms with van der Waals surface area (Å²) in [5.74, 6) is 1.65. The number of halogens is 1. The third kappa shape index (κ3) is 3.74. The topological polar surface area (TPSA) is 26.3 Å². The Labute approximate surface area is 108 Å². The van der Waals surface area contributed by atoms with Crippen molar-refractivity contribution in [3.05, 3.63) is 29.3 Å². The molecule has 0 aliphatic heterocycles. The van der Waals surface area contributed by atoms with Gasteiger partial charge in [0.25, 0.3) is 0 Å². The fraction of sp³-hybridized carbons (Fsp3) is 0.500. The van der Waals surface area contributed by atoms with E-state index < -0.39 is 0 Å². The Balaban J connectivity index is 3.05. The molecule has 0 amide bonds. The van der Waals surface area contributed by atoms with Gasteiger partial charge >= 0.3 is 0 Å². The third-order valence-electron chi connectivity index (χ3n) is 2.58. The lowest BCUT2D eigenvalue weighted by Gasteiger charge is -2.14. The van der Waals surface area contributed by atoms with Crippen LogP contribution in [0.2, 0.25) is 0 Å². The molecule has 1 rings (SSSR count). The van der Waals surface area contributed by atoms with Crippen LogP contribution in [0.15, 0.2) is 18.2 Å². The molecule has 0 saturated heterocycles. The summed E-state index contributed by atoms with van der Waals surface area (Å²) < 4.78 is 5.56. The van der Waals surface area contributed by atoms with Gasteiger partial charge in [0, 0.05) is 17.9 Å². The van der Waals surface area contributed by atoms with Crippen LogP contribution in [-0.2, 0) is 0 Å². The smallest absolute Gasteiger partial charge is 0.164 e. The highest BCUT2D eigenvalue weighted by atomic mass is 35.5. The Hall–Kier alpha value is -1.02. The van der Waals surface area contributed by atoms with Gasteiger partial charge in [0.1, 0.15) is 5.75 Å². The molecule has 94 valence electrons. The normalized spacial score (nSPS) is 10.6. The fourth-order valence-electron chi connectivity index (χ4n) is 1.69. The maximum absolute atomic E-state index is 11.8. The Morgan fingerprint density at radius 3 is 2.65 bits per heavy atom. The Bertz CT molecular complexity index is 386. The van der Waals surface area contributed by atoms with Crippen molar-refractivity contribution >= 4 is 17.4 Å². The van der Waals surface area contributed by atoms with Gasteiger partial charge in [-0.05, 0) is 36.6 Å². The van der Waals surface area contributed by atoms with Crippen LogP contribution in [0.1, 0.15) is 49.0 Å². The van der Waals surface area contributed by atoms with Gasteiger partial charge in [0.15, 0.2) is 5.78 Å². The van der Waals surface area contributed by atoms with E-state index in [0.717, 1.165) is 16.9 Å². The summed E-state index contributed by atoms with van der Waals surface area (Å²) in [6.45, 7) is 6.77. The highest BCUT2D eigenvalue weighted by molar-refractivity contribution is 6.19. The summed E-state index contributed by atoms with van der Waals surface area (Å²) in [7, 11) is 0. The van der Waals surface area contributed by atoms with Gasteiger partial charge in [-0.2, -0.15) is 0 Å². The van der Waals surface area contributed by atoms with Crippen LogP contribution in [-0.4, -0.2) is 18.3 Å². The summed E-state index contributed by atoms with van der Waals surface area (Å²) in [6, 6.07) is 5.61. The first kappa shape index (κ1) is 14.0. The first-order valence-electron chi connectivity index (χ1n) is 5.96. The average molecular weight is 255 g/mol. The Kier molecular flexibility index (Phi) is 5.49. The molecule has 0 bridgehead atoms. The molecule has 0 aromatic heterocycles. The number of hydrogen-bond acceptors (Lipinski definition) is 2. The zero-order valence-electron chi connectivity index (χ0n) is 10.6. The first-order valence-corrected chi connectivity index (χ1v) is 6.49. The van der Waals surface area contributed by atoms with E-state index in [0.29, 0.717) is 24.8 Å². The number of benzene rings is 1. The SMILES string of the molecule is CCOc1ccc(C(=O)CCCl)cc1C(C)C. The number of hydrogen-bond donors (Lipinski definition) is 0. The second kappa shape index (κ2) is 6.65.